The van der Waals surface area contributed by atoms with Crippen LogP contribution in [-0.4, -0.2) is 24.0 Å². The van der Waals surface area contributed by atoms with Crippen molar-refractivity contribution >= 4 is 11.4 Å². The van der Waals surface area contributed by atoms with Gasteiger partial charge in [0.05, 0.1) is 11.4 Å². The minimum absolute atomic E-state index is 0.374. The van der Waals surface area contributed by atoms with E-state index >= 15 is 0 Å². The Hall–Kier alpha value is -1.48. The van der Waals surface area contributed by atoms with Gasteiger partial charge in [0, 0.05) is 25.2 Å². The Morgan fingerprint density at radius 1 is 1.42 bits per heavy atom. The van der Waals surface area contributed by atoms with Crippen molar-refractivity contribution in [3.8, 4) is 0 Å². The van der Waals surface area contributed by atoms with E-state index in [0.717, 1.165) is 24.5 Å². The molecule has 0 aromatic heterocycles. The molecule has 0 spiro atoms. The highest BCUT2D eigenvalue weighted by molar-refractivity contribution is 5.71. The van der Waals surface area contributed by atoms with Gasteiger partial charge in [0.1, 0.15) is 0 Å². The summed E-state index contributed by atoms with van der Waals surface area (Å²) in [4.78, 5) is 2.52. The van der Waals surface area contributed by atoms with Crippen molar-refractivity contribution in [3.05, 3.63) is 35.4 Å². The zero-order valence-corrected chi connectivity index (χ0v) is 12.4. The van der Waals surface area contributed by atoms with Gasteiger partial charge in [-0.15, -0.1) is 0 Å². The van der Waals surface area contributed by atoms with Crippen LogP contribution in [-0.2, 0) is 0 Å². The standard InChI is InChI=1S/C16H25N3/c1-11(2)8-9-19-12(3)10-18-16-14(13(19)4)6-5-7-15(16)17/h5-8,12-13,18H,9-10,17H2,1-4H3/t12-,13+/m1/s1. The number of nitrogens with one attached hydrogen (secondary N) is 1. The molecule has 3 N–H and O–H groups in total. The lowest BCUT2D eigenvalue weighted by molar-refractivity contribution is 0.185. The summed E-state index contributed by atoms with van der Waals surface area (Å²) in [7, 11) is 0. The second-order valence-corrected chi connectivity index (χ2v) is 5.70. The summed E-state index contributed by atoms with van der Waals surface area (Å²) >= 11 is 0. The Morgan fingerprint density at radius 2 is 2.16 bits per heavy atom. The van der Waals surface area contributed by atoms with Crippen LogP contribution in [0.1, 0.15) is 39.3 Å². The molecule has 1 aromatic rings. The number of nitrogens with zero attached hydrogens (tertiary/aromatic N) is 1. The first-order valence-electron chi connectivity index (χ1n) is 7.02. The van der Waals surface area contributed by atoms with E-state index in [0.29, 0.717) is 12.1 Å². The molecule has 3 nitrogen and oxygen atoms in total. The summed E-state index contributed by atoms with van der Waals surface area (Å²) in [5, 5.41) is 3.50. The first-order chi connectivity index (χ1) is 9.00. The topological polar surface area (TPSA) is 41.3 Å². The predicted molar refractivity (Wildman–Crippen MR) is 83.4 cm³/mol. The molecule has 1 aliphatic heterocycles. The summed E-state index contributed by atoms with van der Waals surface area (Å²) < 4.78 is 0. The first kappa shape index (κ1) is 13.9. The van der Waals surface area contributed by atoms with E-state index in [9.17, 15) is 0 Å². The van der Waals surface area contributed by atoms with Gasteiger partial charge in [-0.3, -0.25) is 4.90 Å². The van der Waals surface area contributed by atoms with Crippen molar-refractivity contribution in [2.24, 2.45) is 0 Å². The Balaban J connectivity index is 2.34. The summed E-state index contributed by atoms with van der Waals surface area (Å²) in [5.41, 5.74) is 10.7. The lowest BCUT2D eigenvalue weighted by atomic mass is 10.0. The number of rotatable bonds is 2. The fourth-order valence-electron chi connectivity index (χ4n) is 2.69. The zero-order valence-electron chi connectivity index (χ0n) is 12.4. The Bertz CT molecular complexity index is 475. The maximum absolute atomic E-state index is 6.09. The SMILES string of the molecule is CC(C)=CCN1[C@H](C)CNc2c(N)cccc2[C@@H]1C. The van der Waals surface area contributed by atoms with Crippen molar-refractivity contribution in [1.29, 1.82) is 0 Å². The van der Waals surface area contributed by atoms with Gasteiger partial charge < -0.3 is 11.1 Å². The Kier molecular flexibility index (Phi) is 4.15. The van der Waals surface area contributed by atoms with Gasteiger partial charge in [0.2, 0.25) is 0 Å². The van der Waals surface area contributed by atoms with Gasteiger partial charge in [-0.05, 0) is 39.3 Å². The van der Waals surface area contributed by atoms with Gasteiger partial charge in [0.25, 0.3) is 0 Å². The molecule has 0 saturated heterocycles. The second kappa shape index (κ2) is 5.66. The van der Waals surface area contributed by atoms with Crippen molar-refractivity contribution < 1.29 is 0 Å². The van der Waals surface area contributed by atoms with E-state index in [-0.39, 0.29) is 0 Å². The van der Waals surface area contributed by atoms with Gasteiger partial charge >= 0.3 is 0 Å². The van der Waals surface area contributed by atoms with E-state index < -0.39 is 0 Å². The Morgan fingerprint density at radius 3 is 2.84 bits per heavy atom. The van der Waals surface area contributed by atoms with E-state index in [1.807, 2.05) is 12.1 Å². The molecule has 0 amide bonds. The van der Waals surface area contributed by atoms with Crippen LogP contribution in [0.3, 0.4) is 0 Å². The number of para-hydroxylation sites is 1. The molecule has 0 unspecified atom stereocenters. The fraction of sp³-hybridized carbons (Fsp3) is 0.500. The van der Waals surface area contributed by atoms with E-state index in [2.05, 4.69) is 50.1 Å². The number of benzene rings is 1. The number of fused-ring (bicyclic) bond motifs is 1. The summed E-state index contributed by atoms with van der Waals surface area (Å²) in [6, 6.07) is 7.05. The molecule has 1 heterocycles. The molecular formula is C16H25N3. The van der Waals surface area contributed by atoms with Crippen molar-refractivity contribution in [3.63, 3.8) is 0 Å². The molecule has 0 radical (unpaired) electrons. The lowest BCUT2D eigenvalue weighted by Crippen LogP contribution is -2.37. The van der Waals surface area contributed by atoms with Crippen LogP contribution in [0.5, 0.6) is 0 Å². The minimum atomic E-state index is 0.374. The zero-order chi connectivity index (χ0) is 14.0. The van der Waals surface area contributed by atoms with E-state index in [1.165, 1.54) is 11.1 Å². The monoisotopic (exact) mass is 259 g/mol. The molecule has 2 atom stereocenters. The number of allylic oxidation sites excluding steroid dienone is 1. The molecule has 0 fully saturated rings. The number of hydrogen-bond donors (Lipinski definition) is 2. The van der Waals surface area contributed by atoms with Crippen LogP contribution in [0, 0.1) is 0 Å². The molecule has 2 rings (SSSR count). The van der Waals surface area contributed by atoms with Crippen molar-refractivity contribution in [2.45, 2.75) is 39.8 Å². The fourth-order valence-corrected chi connectivity index (χ4v) is 2.69. The van der Waals surface area contributed by atoms with Crippen LogP contribution in [0.25, 0.3) is 0 Å². The predicted octanol–water partition coefficient (Wildman–Crippen LogP) is 3.41. The number of anilines is 2. The maximum atomic E-state index is 6.09. The molecule has 1 aromatic carbocycles. The molecule has 19 heavy (non-hydrogen) atoms. The van der Waals surface area contributed by atoms with Gasteiger partial charge in [-0.1, -0.05) is 23.8 Å². The highest BCUT2D eigenvalue weighted by Crippen LogP contribution is 2.35. The number of nitrogen functional groups attached to an aromatic ring is 1. The molecule has 0 aliphatic carbocycles. The van der Waals surface area contributed by atoms with E-state index in [1.54, 1.807) is 0 Å². The molecular weight excluding hydrogens is 234 g/mol. The molecule has 104 valence electrons. The van der Waals surface area contributed by atoms with E-state index in [4.69, 9.17) is 5.73 Å². The average molecular weight is 259 g/mol. The van der Waals surface area contributed by atoms with Crippen LogP contribution < -0.4 is 11.1 Å². The third-order valence-electron chi connectivity index (χ3n) is 3.93. The quantitative estimate of drug-likeness (QED) is 0.631. The maximum Gasteiger partial charge on any atom is 0.0622 e. The molecule has 0 saturated carbocycles. The first-order valence-corrected chi connectivity index (χ1v) is 7.02. The summed E-state index contributed by atoms with van der Waals surface area (Å²) in [6.07, 6.45) is 2.30. The third-order valence-corrected chi connectivity index (χ3v) is 3.93. The normalized spacial score (nSPS) is 23.2. The molecule has 1 aliphatic rings. The minimum Gasteiger partial charge on any atom is -0.397 e. The number of nitrogens with two attached hydrogens (primary N) is 1. The summed E-state index contributed by atoms with van der Waals surface area (Å²) in [6.45, 7) is 10.8. The van der Waals surface area contributed by atoms with Crippen LogP contribution in [0.2, 0.25) is 0 Å². The molecule has 0 bridgehead atoms. The lowest BCUT2D eigenvalue weighted by Gasteiger charge is -2.31. The van der Waals surface area contributed by atoms with Gasteiger partial charge in [-0.2, -0.15) is 0 Å². The summed E-state index contributed by atoms with van der Waals surface area (Å²) in [5.74, 6) is 0. The largest absolute Gasteiger partial charge is 0.397 e. The third kappa shape index (κ3) is 2.92. The highest BCUT2D eigenvalue weighted by Gasteiger charge is 2.26. The van der Waals surface area contributed by atoms with Gasteiger partial charge in [0.15, 0.2) is 0 Å². The smallest absolute Gasteiger partial charge is 0.0622 e. The number of hydrogen-bond acceptors (Lipinski definition) is 3. The molecule has 3 heteroatoms. The van der Waals surface area contributed by atoms with Crippen molar-refractivity contribution in [1.82, 2.24) is 4.90 Å². The van der Waals surface area contributed by atoms with Crippen LogP contribution in [0.15, 0.2) is 29.8 Å². The second-order valence-electron chi connectivity index (χ2n) is 5.70. The Labute approximate surface area is 116 Å². The van der Waals surface area contributed by atoms with Gasteiger partial charge in [-0.25, -0.2) is 0 Å². The van der Waals surface area contributed by atoms with Crippen LogP contribution >= 0.6 is 0 Å². The average Bonchev–Trinajstić information content (AvgIpc) is 2.47. The van der Waals surface area contributed by atoms with Crippen molar-refractivity contribution in [2.75, 3.05) is 24.1 Å². The highest BCUT2D eigenvalue weighted by atomic mass is 15.2. The van der Waals surface area contributed by atoms with Crippen LogP contribution in [0.4, 0.5) is 11.4 Å².